The standard InChI is InChI=1S/C23H26ClN5OS/c1-17-8-2-5-11-20(17)29-16-26-27-23(29)31-15-22(30)25-14-21(28-12-6-7-13-28)18-9-3-4-10-19(18)24/h2-5,8-11,16,21H,6-7,12-15H2,1H3,(H,25,30)/t21-/m0/s1. The number of rotatable bonds is 8. The van der Waals surface area contributed by atoms with Gasteiger partial charge >= 0.3 is 0 Å². The quantitative estimate of drug-likeness (QED) is 0.514. The zero-order chi connectivity index (χ0) is 21.6. The second-order valence-corrected chi connectivity index (χ2v) is 8.99. The fourth-order valence-corrected chi connectivity index (χ4v) is 4.96. The first kappa shape index (κ1) is 21.9. The third-order valence-corrected chi connectivity index (χ3v) is 6.85. The molecule has 0 bridgehead atoms. The molecule has 162 valence electrons. The molecule has 4 rings (SSSR count). The maximum Gasteiger partial charge on any atom is 0.230 e. The number of halogens is 1. The molecule has 1 aliphatic rings. The first-order valence-corrected chi connectivity index (χ1v) is 11.8. The van der Waals surface area contributed by atoms with Gasteiger partial charge in [-0.15, -0.1) is 10.2 Å². The molecule has 2 heterocycles. The summed E-state index contributed by atoms with van der Waals surface area (Å²) in [7, 11) is 0. The summed E-state index contributed by atoms with van der Waals surface area (Å²) in [5, 5.41) is 12.8. The van der Waals surface area contributed by atoms with Crippen LogP contribution in [0.2, 0.25) is 5.02 Å². The molecule has 0 spiro atoms. The zero-order valence-corrected chi connectivity index (χ0v) is 19.1. The van der Waals surface area contributed by atoms with E-state index in [0.717, 1.165) is 34.9 Å². The molecule has 2 aromatic carbocycles. The number of aryl methyl sites for hydroxylation is 1. The Morgan fingerprint density at radius 2 is 1.90 bits per heavy atom. The molecule has 1 aromatic heterocycles. The number of hydrogen-bond donors (Lipinski definition) is 1. The Kier molecular flexibility index (Phi) is 7.27. The molecular weight excluding hydrogens is 430 g/mol. The highest BCUT2D eigenvalue weighted by Gasteiger charge is 2.25. The van der Waals surface area contributed by atoms with Crippen LogP contribution in [0.25, 0.3) is 5.69 Å². The number of likely N-dealkylation sites (tertiary alicyclic amines) is 1. The summed E-state index contributed by atoms with van der Waals surface area (Å²) in [6.07, 6.45) is 4.04. The highest BCUT2D eigenvalue weighted by molar-refractivity contribution is 7.99. The van der Waals surface area contributed by atoms with Crippen molar-refractivity contribution in [2.45, 2.75) is 31.0 Å². The monoisotopic (exact) mass is 455 g/mol. The van der Waals surface area contributed by atoms with Crippen LogP contribution in [0.4, 0.5) is 0 Å². The summed E-state index contributed by atoms with van der Waals surface area (Å²) in [5.74, 6) is 0.250. The van der Waals surface area contributed by atoms with E-state index in [1.807, 2.05) is 54.0 Å². The van der Waals surface area contributed by atoms with Crippen LogP contribution in [-0.2, 0) is 4.79 Å². The number of nitrogens with one attached hydrogen (secondary N) is 1. The summed E-state index contributed by atoms with van der Waals surface area (Å²) in [6.45, 7) is 4.64. The number of hydrogen-bond acceptors (Lipinski definition) is 5. The van der Waals surface area contributed by atoms with Gasteiger partial charge in [0.1, 0.15) is 6.33 Å². The second-order valence-electron chi connectivity index (χ2n) is 7.64. The van der Waals surface area contributed by atoms with Gasteiger partial charge in [-0.25, -0.2) is 0 Å². The molecule has 0 unspecified atom stereocenters. The average molecular weight is 456 g/mol. The number of amides is 1. The summed E-state index contributed by atoms with van der Waals surface area (Å²) in [5.41, 5.74) is 3.21. The van der Waals surface area contributed by atoms with Crippen LogP contribution in [-0.4, -0.2) is 51.0 Å². The highest BCUT2D eigenvalue weighted by atomic mass is 35.5. The number of thioether (sulfide) groups is 1. The van der Waals surface area contributed by atoms with Crippen molar-refractivity contribution in [3.8, 4) is 5.69 Å². The van der Waals surface area contributed by atoms with E-state index in [4.69, 9.17) is 11.6 Å². The van der Waals surface area contributed by atoms with E-state index < -0.39 is 0 Å². The van der Waals surface area contributed by atoms with Gasteiger partial charge in [-0.2, -0.15) is 0 Å². The lowest BCUT2D eigenvalue weighted by atomic mass is 10.1. The highest BCUT2D eigenvalue weighted by Crippen LogP contribution is 2.30. The molecule has 0 aliphatic carbocycles. The van der Waals surface area contributed by atoms with Crippen molar-refractivity contribution in [1.29, 1.82) is 0 Å². The largest absolute Gasteiger partial charge is 0.353 e. The van der Waals surface area contributed by atoms with Crippen LogP contribution < -0.4 is 5.32 Å². The molecule has 0 radical (unpaired) electrons. The van der Waals surface area contributed by atoms with Crippen LogP contribution in [0.5, 0.6) is 0 Å². The molecule has 3 aromatic rings. The minimum Gasteiger partial charge on any atom is -0.353 e. The van der Waals surface area contributed by atoms with E-state index in [0.29, 0.717) is 11.7 Å². The van der Waals surface area contributed by atoms with Crippen LogP contribution in [0, 0.1) is 6.92 Å². The van der Waals surface area contributed by atoms with Gasteiger partial charge in [0, 0.05) is 11.6 Å². The number of para-hydroxylation sites is 1. The molecule has 8 heteroatoms. The van der Waals surface area contributed by atoms with Crippen LogP contribution in [0.1, 0.15) is 30.0 Å². The molecule has 1 fully saturated rings. The van der Waals surface area contributed by atoms with E-state index in [2.05, 4.69) is 26.5 Å². The molecule has 0 saturated carbocycles. The number of aromatic nitrogens is 3. The molecule has 1 atom stereocenters. The maximum atomic E-state index is 12.6. The van der Waals surface area contributed by atoms with E-state index in [1.165, 1.54) is 24.6 Å². The molecule has 1 saturated heterocycles. The van der Waals surface area contributed by atoms with Crippen molar-refractivity contribution >= 4 is 29.3 Å². The summed E-state index contributed by atoms with van der Waals surface area (Å²) in [6, 6.07) is 16.0. The number of carbonyl (C=O) groups excluding carboxylic acids is 1. The van der Waals surface area contributed by atoms with Gasteiger partial charge in [-0.1, -0.05) is 59.8 Å². The first-order chi connectivity index (χ1) is 15.1. The van der Waals surface area contributed by atoms with Crippen molar-refractivity contribution in [2.24, 2.45) is 0 Å². The Morgan fingerprint density at radius 3 is 2.68 bits per heavy atom. The second kappa shape index (κ2) is 10.3. The molecule has 1 amide bonds. The van der Waals surface area contributed by atoms with E-state index >= 15 is 0 Å². The predicted molar refractivity (Wildman–Crippen MR) is 125 cm³/mol. The van der Waals surface area contributed by atoms with Gasteiger partial charge in [-0.3, -0.25) is 14.3 Å². The Hall–Kier alpha value is -2.35. The number of benzene rings is 2. The Labute approximate surface area is 192 Å². The minimum atomic E-state index is -0.0272. The van der Waals surface area contributed by atoms with Gasteiger partial charge in [-0.05, 0) is 56.1 Å². The Morgan fingerprint density at radius 1 is 1.16 bits per heavy atom. The molecule has 1 aliphatic heterocycles. The van der Waals surface area contributed by atoms with Crippen molar-refractivity contribution in [3.63, 3.8) is 0 Å². The van der Waals surface area contributed by atoms with Gasteiger partial charge in [0.2, 0.25) is 5.91 Å². The minimum absolute atomic E-state index is 0.0272. The predicted octanol–water partition coefficient (Wildman–Crippen LogP) is 4.27. The first-order valence-electron chi connectivity index (χ1n) is 10.5. The van der Waals surface area contributed by atoms with Crippen molar-refractivity contribution in [3.05, 3.63) is 71.0 Å². The van der Waals surface area contributed by atoms with E-state index in [9.17, 15) is 4.79 Å². The van der Waals surface area contributed by atoms with Gasteiger partial charge in [0.25, 0.3) is 0 Å². The average Bonchev–Trinajstić information content (AvgIpc) is 3.46. The maximum absolute atomic E-state index is 12.6. The zero-order valence-electron chi connectivity index (χ0n) is 17.5. The smallest absolute Gasteiger partial charge is 0.230 e. The van der Waals surface area contributed by atoms with Crippen LogP contribution >= 0.6 is 23.4 Å². The van der Waals surface area contributed by atoms with Crippen LogP contribution in [0.15, 0.2) is 60.0 Å². The van der Waals surface area contributed by atoms with Gasteiger partial charge < -0.3 is 5.32 Å². The lowest BCUT2D eigenvalue weighted by molar-refractivity contribution is -0.118. The SMILES string of the molecule is Cc1ccccc1-n1cnnc1SCC(=O)NC[C@@H](c1ccccc1Cl)N1CCCC1. The molecule has 31 heavy (non-hydrogen) atoms. The summed E-state index contributed by atoms with van der Waals surface area (Å²) < 4.78 is 1.92. The lowest BCUT2D eigenvalue weighted by Crippen LogP contribution is -2.37. The molecular formula is C23H26ClN5OS. The lowest BCUT2D eigenvalue weighted by Gasteiger charge is -2.29. The number of carbonyl (C=O) groups is 1. The topological polar surface area (TPSA) is 63.1 Å². The Bertz CT molecular complexity index is 1030. The van der Waals surface area contributed by atoms with E-state index in [1.54, 1.807) is 6.33 Å². The number of nitrogens with zero attached hydrogens (tertiary/aromatic N) is 4. The van der Waals surface area contributed by atoms with Crippen molar-refractivity contribution in [1.82, 2.24) is 25.0 Å². The van der Waals surface area contributed by atoms with Crippen LogP contribution in [0.3, 0.4) is 0 Å². The summed E-state index contributed by atoms with van der Waals surface area (Å²) >= 11 is 7.85. The fourth-order valence-electron chi connectivity index (χ4n) is 3.95. The fraction of sp³-hybridized carbons (Fsp3) is 0.348. The van der Waals surface area contributed by atoms with Crippen molar-refractivity contribution < 1.29 is 4.79 Å². The Balaban J connectivity index is 1.38. The molecule has 6 nitrogen and oxygen atoms in total. The summed E-state index contributed by atoms with van der Waals surface area (Å²) in [4.78, 5) is 15.1. The van der Waals surface area contributed by atoms with E-state index in [-0.39, 0.29) is 17.7 Å². The third-order valence-electron chi connectivity index (χ3n) is 5.56. The molecule has 1 N–H and O–H groups in total. The normalized spacial score (nSPS) is 15.2. The third kappa shape index (κ3) is 5.29. The van der Waals surface area contributed by atoms with Crippen molar-refractivity contribution in [2.75, 3.05) is 25.4 Å². The van der Waals surface area contributed by atoms with Gasteiger partial charge in [0.15, 0.2) is 5.16 Å². The van der Waals surface area contributed by atoms with Gasteiger partial charge in [0.05, 0.1) is 17.5 Å².